The lowest BCUT2D eigenvalue weighted by atomic mass is 10.1. The normalized spacial score (nSPS) is 12.8. The molecule has 0 bridgehead atoms. The second-order valence-electron chi connectivity index (χ2n) is 7.39. The van der Waals surface area contributed by atoms with Gasteiger partial charge in [-0.15, -0.1) is 0 Å². The van der Waals surface area contributed by atoms with Crippen LogP contribution in [0.1, 0.15) is 42.9 Å². The molecule has 27 heavy (non-hydrogen) atoms. The summed E-state index contributed by atoms with van der Waals surface area (Å²) in [6.07, 6.45) is 7.10. The number of halogens is 1. The predicted octanol–water partition coefficient (Wildman–Crippen LogP) is 7.13. The van der Waals surface area contributed by atoms with Gasteiger partial charge in [0.25, 0.3) is 0 Å². The van der Waals surface area contributed by atoms with E-state index in [0.29, 0.717) is 0 Å². The van der Waals surface area contributed by atoms with Gasteiger partial charge in [0.2, 0.25) is 0 Å². The molecule has 0 N–H and O–H groups in total. The zero-order valence-electron chi connectivity index (χ0n) is 15.9. The van der Waals surface area contributed by atoms with Crippen molar-refractivity contribution in [3.63, 3.8) is 0 Å². The number of benzene rings is 3. The van der Waals surface area contributed by atoms with E-state index in [9.17, 15) is 4.39 Å². The molecule has 0 amide bonds. The van der Waals surface area contributed by atoms with Crippen LogP contribution < -0.4 is 4.90 Å². The average molecular weight is 359 g/mol. The SMILES string of the molecule is CCCCc1ccc(N(c2ccc(F)cc2)c2ccc3c(c2)CCC3)cc1. The molecule has 0 fully saturated rings. The fraction of sp³-hybridized carbons (Fsp3) is 0.280. The Balaban J connectivity index is 1.73. The topological polar surface area (TPSA) is 3.24 Å². The van der Waals surface area contributed by atoms with Crippen LogP contribution in [0, 0.1) is 5.82 Å². The van der Waals surface area contributed by atoms with E-state index < -0.39 is 0 Å². The molecule has 3 aromatic carbocycles. The summed E-state index contributed by atoms with van der Waals surface area (Å²) < 4.78 is 13.5. The van der Waals surface area contributed by atoms with Gasteiger partial charge in [-0.3, -0.25) is 0 Å². The molecule has 4 rings (SSSR count). The number of aryl methyl sites for hydroxylation is 3. The predicted molar refractivity (Wildman–Crippen MR) is 112 cm³/mol. The van der Waals surface area contributed by atoms with Gasteiger partial charge in [0.15, 0.2) is 0 Å². The first-order valence-corrected chi connectivity index (χ1v) is 10.0. The molecule has 138 valence electrons. The lowest BCUT2D eigenvalue weighted by Gasteiger charge is -2.26. The monoisotopic (exact) mass is 359 g/mol. The van der Waals surface area contributed by atoms with Gasteiger partial charge in [0.05, 0.1) is 0 Å². The number of hydrogen-bond acceptors (Lipinski definition) is 1. The lowest BCUT2D eigenvalue weighted by Crippen LogP contribution is -2.10. The molecule has 0 saturated carbocycles. The van der Waals surface area contributed by atoms with Crippen molar-refractivity contribution in [3.8, 4) is 0 Å². The summed E-state index contributed by atoms with van der Waals surface area (Å²) in [6, 6.07) is 22.3. The Morgan fingerprint density at radius 1 is 0.778 bits per heavy atom. The number of anilines is 3. The van der Waals surface area contributed by atoms with E-state index in [0.717, 1.165) is 29.9 Å². The van der Waals surface area contributed by atoms with Crippen LogP contribution in [-0.4, -0.2) is 0 Å². The third kappa shape index (κ3) is 3.90. The molecule has 0 spiro atoms. The molecule has 0 unspecified atom stereocenters. The Bertz CT molecular complexity index is 897. The Kier molecular flexibility index (Phi) is 5.24. The molecule has 1 aliphatic carbocycles. The van der Waals surface area contributed by atoms with Crippen molar-refractivity contribution < 1.29 is 4.39 Å². The van der Waals surface area contributed by atoms with Crippen LogP contribution in [0.2, 0.25) is 0 Å². The van der Waals surface area contributed by atoms with E-state index in [1.165, 1.54) is 54.5 Å². The molecule has 3 aromatic rings. The summed E-state index contributed by atoms with van der Waals surface area (Å²) in [5, 5.41) is 0. The highest BCUT2D eigenvalue weighted by Crippen LogP contribution is 2.37. The van der Waals surface area contributed by atoms with Gasteiger partial charge in [-0.25, -0.2) is 4.39 Å². The molecule has 0 aromatic heterocycles. The minimum absolute atomic E-state index is 0.206. The number of nitrogens with zero attached hydrogens (tertiary/aromatic N) is 1. The van der Waals surface area contributed by atoms with E-state index in [1.54, 1.807) is 0 Å². The van der Waals surface area contributed by atoms with E-state index in [1.807, 2.05) is 12.1 Å². The van der Waals surface area contributed by atoms with Crippen molar-refractivity contribution >= 4 is 17.1 Å². The fourth-order valence-corrected chi connectivity index (χ4v) is 3.93. The third-order valence-corrected chi connectivity index (χ3v) is 5.44. The summed E-state index contributed by atoms with van der Waals surface area (Å²) >= 11 is 0. The summed E-state index contributed by atoms with van der Waals surface area (Å²) in [6.45, 7) is 2.22. The van der Waals surface area contributed by atoms with Gasteiger partial charge >= 0.3 is 0 Å². The molecule has 0 atom stereocenters. The van der Waals surface area contributed by atoms with Crippen LogP contribution in [0.5, 0.6) is 0 Å². The van der Waals surface area contributed by atoms with Crippen LogP contribution >= 0.6 is 0 Å². The first-order valence-electron chi connectivity index (χ1n) is 10.0. The smallest absolute Gasteiger partial charge is 0.123 e. The largest absolute Gasteiger partial charge is 0.310 e. The van der Waals surface area contributed by atoms with E-state index in [2.05, 4.69) is 54.3 Å². The summed E-state index contributed by atoms with van der Waals surface area (Å²) in [5.74, 6) is -0.206. The highest BCUT2D eigenvalue weighted by atomic mass is 19.1. The lowest BCUT2D eigenvalue weighted by molar-refractivity contribution is 0.628. The third-order valence-electron chi connectivity index (χ3n) is 5.44. The molecular formula is C25H26FN. The van der Waals surface area contributed by atoms with Gasteiger partial charge in [-0.2, -0.15) is 0 Å². The standard InChI is InChI=1S/C25H26FN/c1-2-3-5-19-8-13-23(14-9-19)27(24-16-11-22(26)12-17-24)25-15-10-20-6-4-7-21(20)18-25/h8-18H,2-7H2,1H3. The van der Waals surface area contributed by atoms with Crippen LogP contribution in [0.3, 0.4) is 0 Å². The number of rotatable bonds is 6. The molecule has 0 aliphatic heterocycles. The van der Waals surface area contributed by atoms with Gasteiger partial charge < -0.3 is 4.90 Å². The molecule has 1 aliphatic rings. The fourth-order valence-electron chi connectivity index (χ4n) is 3.93. The molecule has 0 radical (unpaired) electrons. The first-order chi connectivity index (χ1) is 13.2. The van der Waals surface area contributed by atoms with Crippen LogP contribution in [0.4, 0.5) is 21.5 Å². The Morgan fingerprint density at radius 2 is 1.41 bits per heavy atom. The quantitative estimate of drug-likeness (QED) is 0.452. The van der Waals surface area contributed by atoms with Crippen LogP contribution in [-0.2, 0) is 19.3 Å². The van der Waals surface area contributed by atoms with Crippen molar-refractivity contribution in [2.24, 2.45) is 0 Å². The maximum absolute atomic E-state index is 13.5. The second kappa shape index (κ2) is 7.96. The van der Waals surface area contributed by atoms with Crippen molar-refractivity contribution in [2.75, 3.05) is 4.90 Å². The van der Waals surface area contributed by atoms with Crippen molar-refractivity contribution in [3.05, 3.63) is 89.2 Å². The summed E-state index contributed by atoms with van der Waals surface area (Å²) in [4.78, 5) is 2.22. The highest BCUT2D eigenvalue weighted by molar-refractivity contribution is 5.77. The number of unbranched alkanes of at least 4 members (excludes halogenated alkanes) is 1. The number of hydrogen-bond donors (Lipinski definition) is 0. The van der Waals surface area contributed by atoms with Crippen molar-refractivity contribution in [2.45, 2.75) is 45.4 Å². The minimum Gasteiger partial charge on any atom is -0.310 e. The molecule has 1 nitrogen and oxygen atoms in total. The molecule has 0 saturated heterocycles. The van der Waals surface area contributed by atoms with Crippen LogP contribution in [0.25, 0.3) is 0 Å². The Labute approximate surface area is 161 Å². The maximum Gasteiger partial charge on any atom is 0.123 e. The van der Waals surface area contributed by atoms with Gasteiger partial charge in [0, 0.05) is 17.1 Å². The van der Waals surface area contributed by atoms with Gasteiger partial charge in [-0.05, 0) is 97.3 Å². The van der Waals surface area contributed by atoms with E-state index >= 15 is 0 Å². The van der Waals surface area contributed by atoms with Gasteiger partial charge in [0.1, 0.15) is 5.82 Å². The Morgan fingerprint density at radius 3 is 2.11 bits per heavy atom. The maximum atomic E-state index is 13.5. The zero-order valence-corrected chi connectivity index (χ0v) is 15.9. The average Bonchev–Trinajstić information content (AvgIpc) is 3.17. The van der Waals surface area contributed by atoms with E-state index in [-0.39, 0.29) is 5.82 Å². The summed E-state index contributed by atoms with van der Waals surface area (Å²) in [5.41, 5.74) is 7.51. The molecule has 2 heteroatoms. The molecular weight excluding hydrogens is 333 g/mol. The Hall–Kier alpha value is -2.61. The minimum atomic E-state index is -0.206. The van der Waals surface area contributed by atoms with Gasteiger partial charge in [-0.1, -0.05) is 31.5 Å². The van der Waals surface area contributed by atoms with Crippen LogP contribution in [0.15, 0.2) is 66.7 Å². The highest BCUT2D eigenvalue weighted by Gasteiger charge is 2.16. The molecule has 0 heterocycles. The second-order valence-corrected chi connectivity index (χ2v) is 7.39. The van der Waals surface area contributed by atoms with Crippen molar-refractivity contribution in [1.29, 1.82) is 0 Å². The van der Waals surface area contributed by atoms with Crippen molar-refractivity contribution in [1.82, 2.24) is 0 Å². The van der Waals surface area contributed by atoms with E-state index in [4.69, 9.17) is 0 Å². The zero-order chi connectivity index (χ0) is 18.6. The summed E-state index contributed by atoms with van der Waals surface area (Å²) in [7, 11) is 0. The first kappa shape index (κ1) is 17.8. The number of fused-ring (bicyclic) bond motifs is 1.